The Labute approximate surface area is 87.7 Å². The number of para-hydroxylation sites is 1. The Hall–Kier alpha value is -1.90. The molecular formula is C12H11NO2. The van der Waals surface area contributed by atoms with Crippen molar-refractivity contribution in [3.05, 3.63) is 36.0 Å². The van der Waals surface area contributed by atoms with E-state index in [4.69, 9.17) is 4.74 Å². The van der Waals surface area contributed by atoms with Crippen LogP contribution in [-0.4, -0.2) is 17.9 Å². The first-order valence-electron chi connectivity index (χ1n) is 4.74. The highest BCUT2D eigenvalue weighted by molar-refractivity contribution is 5.84. The van der Waals surface area contributed by atoms with Crippen molar-refractivity contribution < 1.29 is 9.53 Å². The molecule has 15 heavy (non-hydrogen) atoms. The van der Waals surface area contributed by atoms with Crippen molar-refractivity contribution in [2.75, 3.05) is 6.61 Å². The zero-order valence-corrected chi connectivity index (χ0v) is 8.43. The Morgan fingerprint density at radius 1 is 1.33 bits per heavy atom. The molecule has 0 bridgehead atoms. The number of aryl methyl sites for hydroxylation is 1. The summed E-state index contributed by atoms with van der Waals surface area (Å²) in [6, 6.07) is 9.62. The maximum atomic E-state index is 10.2. The van der Waals surface area contributed by atoms with Crippen LogP contribution < -0.4 is 4.74 Å². The van der Waals surface area contributed by atoms with Gasteiger partial charge < -0.3 is 4.74 Å². The lowest BCUT2D eigenvalue weighted by Gasteiger charge is -2.06. The number of ether oxygens (including phenoxy) is 1. The zero-order valence-electron chi connectivity index (χ0n) is 8.43. The van der Waals surface area contributed by atoms with Gasteiger partial charge in [0.2, 0.25) is 0 Å². The van der Waals surface area contributed by atoms with Crippen LogP contribution in [0.4, 0.5) is 0 Å². The molecule has 0 saturated carbocycles. The van der Waals surface area contributed by atoms with Crippen LogP contribution in [-0.2, 0) is 4.79 Å². The van der Waals surface area contributed by atoms with Gasteiger partial charge in [0.15, 0.2) is 6.29 Å². The van der Waals surface area contributed by atoms with Crippen molar-refractivity contribution in [1.82, 2.24) is 4.98 Å². The minimum absolute atomic E-state index is 0.0642. The zero-order chi connectivity index (χ0) is 10.7. The summed E-state index contributed by atoms with van der Waals surface area (Å²) in [6.07, 6.45) is 0.731. The Balaban J connectivity index is 2.52. The minimum Gasteiger partial charge on any atom is -0.484 e. The maximum Gasteiger partial charge on any atom is 0.157 e. The molecule has 2 rings (SSSR count). The maximum absolute atomic E-state index is 10.2. The molecule has 0 aliphatic carbocycles. The topological polar surface area (TPSA) is 39.2 Å². The summed E-state index contributed by atoms with van der Waals surface area (Å²) in [6.45, 7) is 1.99. The van der Waals surface area contributed by atoms with Crippen LogP contribution >= 0.6 is 0 Å². The van der Waals surface area contributed by atoms with Crippen LogP contribution in [0.2, 0.25) is 0 Å². The number of hydrogen-bond donors (Lipinski definition) is 0. The number of carbonyl (C=O) groups excluding carboxylic acids is 1. The number of pyridine rings is 1. The first-order chi connectivity index (χ1) is 7.31. The van der Waals surface area contributed by atoms with Gasteiger partial charge in [-0.2, -0.15) is 0 Å². The van der Waals surface area contributed by atoms with Gasteiger partial charge in [-0.1, -0.05) is 18.2 Å². The van der Waals surface area contributed by atoms with Crippen LogP contribution in [0, 0.1) is 6.92 Å². The molecule has 0 unspecified atom stereocenters. The van der Waals surface area contributed by atoms with Gasteiger partial charge in [0.25, 0.3) is 0 Å². The number of carbonyl (C=O) groups is 1. The van der Waals surface area contributed by atoms with E-state index in [0.717, 1.165) is 22.9 Å². The lowest BCUT2D eigenvalue weighted by atomic mass is 10.2. The molecule has 3 nitrogen and oxygen atoms in total. The van der Waals surface area contributed by atoms with Crippen molar-refractivity contribution in [3.63, 3.8) is 0 Å². The Morgan fingerprint density at radius 2 is 2.20 bits per heavy atom. The highest BCUT2D eigenvalue weighted by Gasteiger charge is 2.02. The molecule has 0 aliphatic rings. The summed E-state index contributed by atoms with van der Waals surface area (Å²) < 4.78 is 5.29. The van der Waals surface area contributed by atoms with Crippen LogP contribution in [0.3, 0.4) is 0 Å². The van der Waals surface area contributed by atoms with E-state index in [0.29, 0.717) is 5.75 Å². The molecule has 0 atom stereocenters. The predicted octanol–water partition coefficient (Wildman–Crippen LogP) is 2.12. The quantitative estimate of drug-likeness (QED) is 0.714. The largest absolute Gasteiger partial charge is 0.484 e. The first-order valence-corrected chi connectivity index (χ1v) is 4.74. The van der Waals surface area contributed by atoms with Gasteiger partial charge in [-0.3, -0.25) is 4.79 Å². The number of aromatic nitrogens is 1. The molecule has 0 saturated heterocycles. The van der Waals surface area contributed by atoms with E-state index in [1.165, 1.54) is 0 Å². The van der Waals surface area contributed by atoms with Crippen LogP contribution in [0.5, 0.6) is 5.75 Å². The summed E-state index contributed by atoms with van der Waals surface area (Å²) in [5.41, 5.74) is 1.74. The van der Waals surface area contributed by atoms with Crippen molar-refractivity contribution >= 4 is 17.2 Å². The van der Waals surface area contributed by atoms with Gasteiger partial charge in [0.1, 0.15) is 17.9 Å². The van der Waals surface area contributed by atoms with Gasteiger partial charge in [-0.15, -0.1) is 0 Å². The third kappa shape index (κ3) is 1.96. The third-order valence-electron chi connectivity index (χ3n) is 2.13. The number of benzene rings is 1. The Kier molecular flexibility index (Phi) is 2.63. The average molecular weight is 201 g/mol. The molecule has 0 N–H and O–H groups in total. The normalized spacial score (nSPS) is 10.2. The second-order valence-corrected chi connectivity index (χ2v) is 3.26. The summed E-state index contributed by atoms with van der Waals surface area (Å²) in [5.74, 6) is 0.656. The molecular weight excluding hydrogens is 190 g/mol. The van der Waals surface area contributed by atoms with Crippen molar-refractivity contribution in [2.45, 2.75) is 6.92 Å². The van der Waals surface area contributed by atoms with Gasteiger partial charge in [-0.25, -0.2) is 4.98 Å². The number of aldehydes is 1. The molecule has 3 heteroatoms. The highest BCUT2D eigenvalue weighted by atomic mass is 16.5. The molecule has 1 aromatic heterocycles. The second-order valence-electron chi connectivity index (χ2n) is 3.26. The second kappa shape index (κ2) is 4.09. The smallest absolute Gasteiger partial charge is 0.157 e. The number of fused-ring (bicyclic) bond motifs is 1. The average Bonchev–Trinajstić information content (AvgIpc) is 2.26. The summed E-state index contributed by atoms with van der Waals surface area (Å²) in [5, 5.41) is 1.02. The SMILES string of the molecule is Cc1ccc2cccc(OCC=O)c2n1. The molecule has 76 valence electrons. The van der Waals surface area contributed by atoms with Gasteiger partial charge in [-0.05, 0) is 19.1 Å². The Bertz CT molecular complexity index is 494. The molecule has 0 spiro atoms. The monoisotopic (exact) mass is 201 g/mol. The van der Waals surface area contributed by atoms with Crippen LogP contribution in [0.25, 0.3) is 10.9 Å². The van der Waals surface area contributed by atoms with E-state index in [1.54, 1.807) is 0 Å². The summed E-state index contributed by atoms with van der Waals surface area (Å²) >= 11 is 0. The fraction of sp³-hybridized carbons (Fsp3) is 0.167. The van der Waals surface area contributed by atoms with Crippen molar-refractivity contribution in [2.24, 2.45) is 0 Å². The molecule has 1 heterocycles. The van der Waals surface area contributed by atoms with Gasteiger partial charge >= 0.3 is 0 Å². The summed E-state index contributed by atoms with van der Waals surface area (Å²) in [7, 11) is 0. The molecule has 0 aliphatic heterocycles. The molecule has 1 aromatic carbocycles. The lowest BCUT2D eigenvalue weighted by molar-refractivity contribution is -0.109. The highest BCUT2D eigenvalue weighted by Crippen LogP contribution is 2.23. The lowest BCUT2D eigenvalue weighted by Crippen LogP contribution is -1.99. The van der Waals surface area contributed by atoms with Crippen LogP contribution in [0.1, 0.15) is 5.69 Å². The number of rotatable bonds is 3. The van der Waals surface area contributed by atoms with Crippen molar-refractivity contribution in [3.8, 4) is 5.75 Å². The number of hydrogen-bond acceptors (Lipinski definition) is 3. The summed E-state index contributed by atoms with van der Waals surface area (Å²) in [4.78, 5) is 14.6. The van der Waals surface area contributed by atoms with Gasteiger partial charge in [0.05, 0.1) is 0 Å². The van der Waals surface area contributed by atoms with E-state index in [-0.39, 0.29) is 6.61 Å². The molecule has 0 amide bonds. The number of nitrogens with zero attached hydrogens (tertiary/aromatic N) is 1. The van der Waals surface area contributed by atoms with Gasteiger partial charge in [0, 0.05) is 11.1 Å². The first kappa shape index (κ1) is 9.65. The Morgan fingerprint density at radius 3 is 3.00 bits per heavy atom. The minimum atomic E-state index is 0.0642. The standard InChI is InChI=1S/C12H11NO2/c1-9-5-6-10-3-2-4-11(12(10)13-9)15-8-7-14/h2-7H,8H2,1H3. The van der Waals surface area contributed by atoms with E-state index in [2.05, 4.69) is 4.98 Å². The van der Waals surface area contributed by atoms with E-state index in [9.17, 15) is 4.79 Å². The van der Waals surface area contributed by atoms with E-state index in [1.807, 2.05) is 37.3 Å². The van der Waals surface area contributed by atoms with Crippen molar-refractivity contribution in [1.29, 1.82) is 0 Å². The third-order valence-corrected chi connectivity index (χ3v) is 2.13. The molecule has 0 radical (unpaired) electrons. The fourth-order valence-corrected chi connectivity index (χ4v) is 1.46. The predicted molar refractivity (Wildman–Crippen MR) is 58.0 cm³/mol. The fourth-order valence-electron chi connectivity index (χ4n) is 1.46. The van der Waals surface area contributed by atoms with E-state index < -0.39 is 0 Å². The molecule has 2 aromatic rings. The van der Waals surface area contributed by atoms with E-state index >= 15 is 0 Å². The molecule has 0 fully saturated rings. The van der Waals surface area contributed by atoms with Crippen LogP contribution in [0.15, 0.2) is 30.3 Å².